The molecule has 8 heteroatoms. The van der Waals surface area contributed by atoms with Gasteiger partial charge in [-0.25, -0.2) is 0 Å². The first-order valence-corrected chi connectivity index (χ1v) is 3.34. The lowest BCUT2D eigenvalue weighted by atomic mass is 10.1. The van der Waals surface area contributed by atoms with Crippen LogP contribution in [0, 0.1) is 11.3 Å². The Morgan fingerprint density at radius 3 is 1.93 bits per heavy atom. The monoisotopic (exact) mass is 229 g/mol. The van der Waals surface area contributed by atoms with Gasteiger partial charge >= 0.3 is 12.4 Å². The molecule has 0 spiro atoms. The van der Waals surface area contributed by atoms with Crippen LogP contribution in [0.1, 0.15) is 16.9 Å². The molecule has 1 aromatic rings. The molecule has 0 aliphatic heterocycles. The molecule has 0 N–H and O–H groups in total. The SMILES string of the molecule is N#Cc1occ(C(F)(F)F)c1C(F)(F)F. The van der Waals surface area contributed by atoms with Crippen LogP contribution in [0.4, 0.5) is 26.3 Å². The predicted molar refractivity (Wildman–Crippen MR) is 33.4 cm³/mol. The molecule has 0 radical (unpaired) electrons. The zero-order chi connectivity index (χ0) is 11.9. The molecule has 0 fully saturated rings. The molecule has 1 rings (SSSR count). The molecule has 0 aliphatic rings. The maximum absolute atomic E-state index is 12.1. The molecule has 0 unspecified atom stereocenters. The summed E-state index contributed by atoms with van der Waals surface area (Å²) in [6.07, 6.45) is -10.6. The van der Waals surface area contributed by atoms with Crippen molar-refractivity contribution < 1.29 is 30.8 Å². The van der Waals surface area contributed by atoms with Crippen LogP contribution >= 0.6 is 0 Å². The lowest BCUT2D eigenvalue weighted by molar-refractivity contribution is -0.161. The van der Waals surface area contributed by atoms with E-state index in [9.17, 15) is 26.3 Å². The Bertz CT molecular complexity index is 407. The number of halogens is 6. The second-order valence-corrected chi connectivity index (χ2v) is 2.46. The highest BCUT2D eigenvalue weighted by molar-refractivity contribution is 5.39. The van der Waals surface area contributed by atoms with Gasteiger partial charge in [-0.15, -0.1) is 0 Å². The molecule has 0 saturated heterocycles. The lowest BCUT2D eigenvalue weighted by Crippen LogP contribution is -2.15. The molecular formula is C7HF6NO. The molecule has 15 heavy (non-hydrogen) atoms. The van der Waals surface area contributed by atoms with E-state index in [0.717, 1.165) is 6.07 Å². The standard InChI is InChI=1S/C7HF6NO/c8-6(9,10)3-2-15-4(1-14)5(3)7(11,12)13/h2H. The highest BCUT2D eigenvalue weighted by Crippen LogP contribution is 2.42. The van der Waals surface area contributed by atoms with E-state index in [0.29, 0.717) is 0 Å². The number of hydrogen-bond acceptors (Lipinski definition) is 2. The van der Waals surface area contributed by atoms with Crippen LogP contribution in [-0.4, -0.2) is 0 Å². The number of alkyl halides is 6. The van der Waals surface area contributed by atoms with E-state index < -0.39 is 29.2 Å². The molecule has 1 aromatic heterocycles. The van der Waals surface area contributed by atoms with Gasteiger partial charge in [0, 0.05) is 0 Å². The highest BCUT2D eigenvalue weighted by atomic mass is 19.4. The third-order valence-corrected chi connectivity index (χ3v) is 1.48. The molecule has 0 atom stereocenters. The van der Waals surface area contributed by atoms with Crippen LogP contribution in [-0.2, 0) is 12.4 Å². The largest absolute Gasteiger partial charge is 0.453 e. The summed E-state index contributed by atoms with van der Waals surface area (Å²) in [6.45, 7) is 0. The van der Waals surface area contributed by atoms with Gasteiger partial charge in [0.25, 0.3) is 0 Å². The van der Waals surface area contributed by atoms with Crippen LogP contribution in [0.25, 0.3) is 0 Å². The van der Waals surface area contributed by atoms with Gasteiger partial charge in [-0.3, -0.25) is 0 Å². The minimum atomic E-state index is -5.27. The van der Waals surface area contributed by atoms with Crippen LogP contribution in [0.5, 0.6) is 0 Å². The molecule has 82 valence electrons. The van der Waals surface area contributed by atoms with Gasteiger partial charge in [0.2, 0.25) is 5.76 Å². The molecular weight excluding hydrogens is 228 g/mol. The minimum Gasteiger partial charge on any atom is -0.453 e. The molecule has 0 saturated carbocycles. The summed E-state index contributed by atoms with van der Waals surface area (Å²) in [5.41, 5.74) is -4.08. The van der Waals surface area contributed by atoms with Crippen molar-refractivity contribution in [1.82, 2.24) is 0 Å². The van der Waals surface area contributed by atoms with E-state index in [4.69, 9.17) is 5.26 Å². The molecule has 2 nitrogen and oxygen atoms in total. The highest BCUT2D eigenvalue weighted by Gasteiger charge is 2.47. The van der Waals surface area contributed by atoms with Crippen molar-refractivity contribution in [2.75, 3.05) is 0 Å². The summed E-state index contributed by atoms with van der Waals surface area (Å²) >= 11 is 0. The first-order valence-electron chi connectivity index (χ1n) is 3.34. The zero-order valence-corrected chi connectivity index (χ0v) is 6.70. The molecule has 0 aliphatic carbocycles. The van der Waals surface area contributed by atoms with E-state index >= 15 is 0 Å². The van der Waals surface area contributed by atoms with Crippen LogP contribution in [0.3, 0.4) is 0 Å². The van der Waals surface area contributed by atoms with Gasteiger partial charge in [-0.1, -0.05) is 0 Å². The summed E-state index contributed by atoms with van der Waals surface area (Å²) in [5, 5.41) is 8.15. The fourth-order valence-electron chi connectivity index (χ4n) is 0.930. The number of hydrogen-bond donors (Lipinski definition) is 0. The second-order valence-electron chi connectivity index (χ2n) is 2.46. The van der Waals surface area contributed by atoms with E-state index in [1.165, 1.54) is 0 Å². The molecule has 0 amide bonds. The topological polar surface area (TPSA) is 36.9 Å². The number of nitriles is 1. The van der Waals surface area contributed by atoms with Crippen molar-refractivity contribution in [2.45, 2.75) is 12.4 Å². The third kappa shape index (κ3) is 2.06. The molecule has 1 heterocycles. The summed E-state index contributed by atoms with van der Waals surface area (Å²) in [7, 11) is 0. The van der Waals surface area contributed by atoms with Gasteiger partial charge in [0.15, 0.2) is 0 Å². The Morgan fingerprint density at radius 1 is 1.07 bits per heavy atom. The molecule has 0 bridgehead atoms. The number of nitrogens with zero attached hydrogens (tertiary/aromatic N) is 1. The second kappa shape index (κ2) is 3.18. The van der Waals surface area contributed by atoms with Crippen molar-refractivity contribution in [1.29, 1.82) is 5.26 Å². The fourth-order valence-corrected chi connectivity index (χ4v) is 0.930. The number of rotatable bonds is 0. The van der Waals surface area contributed by atoms with Gasteiger partial charge in [0.05, 0.1) is 0 Å². The van der Waals surface area contributed by atoms with Gasteiger partial charge in [-0.2, -0.15) is 31.6 Å². The first-order chi connectivity index (χ1) is 6.68. The zero-order valence-electron chi connectivity index (χ0n) is 6.70. The molecule has 0 aromatic carbocycles. The summed E-state index contributed by atoms with van der Waals surface area (Å²) in [6, 6.07) is 0.908. The Labute approximate surface area is 78.7 Å². The maximum atomic E-state index is 12.1. The Balaban J connectivity index is 3.46. The normalized spacial score (nSPS) is 12.6. The van der Waals surface area contributed by atoms with Crippen LogP contribution in [0.15, 0.2) is 10.7 Å². The lowest BCUT2D eigenvalue weighted by Gasteiger charge is -2.09. The van der Waals surface area contributed by atoms with Gasteiger partial charge < -0.3 is 4.42 Å². The van der Waals surface area contributed by atoms with E-state index in [1.807, 2.05) is 0 Å². The van der Waals surface area contributed by atoms with E-state index in [1.54, 1.807) is 0 Å². The van der Waals surface area contributed by atoms with Crippen molar-refractivity contribution in [2.24, 2.45) is 0 Å². The average Bonchev–Trinajstić information content (AvgIpc) is 2.44. The van der Waals surface area contributed by atoms with Crippen molar-refractivity contribution >= 4 is 0 Å². The minimum absolute atomic E-state index is 0.124. The fraction of sp³-hybridized carbons (Fsp3) is 0.286. The van der Waals surface area contributed by atoms with Crippen LogP contribution in [0.2, 0.25) is 0 Å². The third-order valence-electron chi connectivity index (χ3n) is 1.48. The van der Waals surface area contributed by atoms with Crippen molar-refractivity contribution in [3.8, 4) is 6.07 Å². The van der Waals surface area contributed by atoms with E-state index in [-0.39, 0.29) is 6.26 Å². The van der Waals surface area contributed by atoms with Crippen LogP contribution < -0.4 is 0 Å². The Morgan fingerprint density at radius 2 is 1.60 bits per heavy atom. The van der Waals surface area contributed by atoms with E-state index in [2.05, 4.69) is 4.42 Å². The van der Waals surface area contributed by atoms with Crippen molar-refractivity contribution in [3.05, 3.63) is 23.2 Å². The number of furan rings is 1. The summed E-state index contributed by atoms with van der Waals surface area (Å²) in [4.78, 5) is 0. The smallest absolute Gasteiger partial charge is 0.421 e. The quantitative estimate of drug-likeness (QED) is 0.640. The maximum Gasteiger partial charge on any atom is 0.421 e. The van der Waals surface area contributed by atoms with Gasteiger partial charge in [0.1, 0.15) is 23.5 Å². The van der Waals surface area contributed by atoms with Gasteiger partial charge in [-0.05, 0) is 0 Å². The average molecular weight is 229 g/mol. The summed E-state index contributed by atoms with van der Waals surface area (Å²) < 4.78 is 76.5. The summed E-state index contributed by atoms with van der Waals surface area (Å²) in [5.74, 6) is -1.39. The van der Waals surface area contributed by atoms with Crippen molar-refractivity contribution in [3.63, 3.8) is 0 Å². The predicted octanol–water partition coefficient (Wildman–Crippen LogP) is 3.19. The Kier molecular flexibility index (Phi) is 2.43. The Hall–Kier alpha value is -1.65. The first kappa shape index (κ1) is 11.4.